The van der Waals surface area contributed by atoms with Crippen LogP contribution in [0.15, 0.2) is 24.3 Å². The van der Waals surface area contributed by atoms with Crippen molar-refractivity contribution in [1.82, 2.24) is 18.7 Å². The zero-order valence-electron chi connectivity index (χ0n) is 18.5. The fraction of sp³-hybridized carbons (Fsp3) is 0.444. The van der Waals surface area contributed by atoms with Gasteiger partial charge in [-0.05, 0) is 12.1 Å². The van der Waals surface area contributed by atoms with Crippen LogP contribution in [0.3, 0.4) is 0 Å². The summed E-state index contributed by atoms with van der Waals surface area (Å²) in [7, 11) is -8.71. The van der Waals surface area contributed by atoms with Crippen LogP contribution in [-0.4, -0.2) is 95.7 Å². The van der Waals surface area contributed by atoms with E-state index in [0.29, 0.717) is 0 Å². The molecule has 4 aliphatic rings. The van der Waals surface area contributed by atoms with Crippen molar-refractivity contribution in [2.75, 3.05) is 52.6 Å². The Kier molecular flexibility index (Phi) is 6.08. The summed E-state index contributed by atoms with van der Waals surface area (Å²) < 4.78 is 61.8. The zero-order chi connectivity index (χ0) is 25.5. The third kappa shape index (κ3) is 4.05. The molecule has 4 heterocycles. The van der Waals surface area contributed by atoms with Gasteiger partial charge in [0.1, 0.15) is 37.9 Å². The predicted octanol–water partition coefficient (Wildman–Crippen LogP) is 2.47. The van der Waals surface area contributed by atoms with Gasteiger partial charge < -0.3 is 28.0 Å². The fourth-order valence-electron chi connectivity index (χ4n) is 3.78. The smallest absolute Gasteiger partial charge is 0.447 e. The second-order valence-corrected chi connectivity index (χ2v) is 11.8. The van der Waals surface area contributed by atoms with Gasteiger partial charge in [0, 0.05) is 6.07 Å². The number of cyclic esters (lactones) is 4. The normalized spacial score (nSPS) is 20.4. The average molecular weight is 546 g/mol. The maximum Gasteiger partial charge on any atom is 0.459 e. The van der Waals surface area contributed by atoms with Crippen LogP contribution in [0.2, 0.25) is 0 Å². The minimum absolute atomic E-state index is 0.0563. The van der Waals surface area contributed by atoms with Gasteiger partial charge in [0.2, 0.25) is 0 Å². The summed E-state index contributed by atoms with van der Waals surface area (Å²) in [6.45, 7) is -0.616. The molecular formula is C18H20N4O12P2. The van der Waals surface area contributed by atoms with E-state index < -0.39 is 39.7 Å². The Morgan fingerprint density at radius 3 is 1.14 bits per heavy atom. The molecule has 0 aliphatic carbocycles. The van der Waals surface area contributed by atoms with E-state index in [9.17, 15) is 28.3 Å². The summed E-state index contributed by atoms with van der Waals surface area (Å²) in [4.78, 5) is 48.8. The molecule has 0 radical (unpaired) electrons. The Morgan fingerprint density at radius 2 is 0.889 bits per heavy atom. The van der Waals surface area contributed by atoms with Crippen molar-refractivity contribution < 1.29 is 56.3 Å². The Hall–Kier alpha value is -3.64. The Morgan fingerprint density at radius 1 is 0.583 bits per heavy atom. The number of hydrogen-bond donors (Lipinski definition) is 0. The van der Waals surface area contributed by atoms with Gasteiger partial charge in [0.15, 0.2) is 0 Å². The molecule has 5 rings (SSSR count). The monoisotopic (exact) mass is 546 g/mol. The highest BCUT2D eigenvalue weighted by atomic mass is 31.2. The molecule has 36 heavy (non-hydrogen) atoms. The van der Waals surface area contributed by atoms with Crippen LogP contribution >= 0.6 is 15.3 Å². The van der Waals surface area contributed by atoms with Crippen LogP contribution in [0.5, 0.6) is 11.5 Å². The molecule has 0 bridgehead atoms. The fourth-order valence-corrected chi connectivity index (χ4v) is 7.87. The number of hydrogen-bond acceptors (Lipinski definition) is 12. The average Bonchev–Trinajstić information content (AvgIpc) is 3.63. The van der Waals surface area contributed by atoms with Crippen molar-refractivity contribution in [3.63, 3.8) is 0 Å². The molecule has 4 aliphatic heterocycles. The standard InChI is InChI=1S/C18H20N4O12P2/c23-15-19(4-8-29-15)35(27,20-5-9-30-16(20)24)33-13-2-1-3-14(12-13)34-36(28,21-6-10-31-17(21)25)22-7-11-32-18(22)26/h1-3,12H,4-11H2. The van der Waals surface area contributed by atoms with Crippen molar-refractivity contribution in [3.8, 4) is 11.5 Å². The lowest BCUT2D eigenvalue weighted by molar-refractivity contribution is 0.159. The molecule has 4 saturated heterocycles. The minimum atomic E-state index is -4.36. The first-order valence-corrected chi connectivity index (χ1v) is 13.8. The Labute approximate surface area is 203 Å². The van der Waals surface area contributed by atoms with Crippen molar-refractivity contribution >= 4 is 39.7 Å². The van der Waals surface area contributed by atoms with E-state index in [0.717, 1.165) is 18.7 Å². The van der Waals surface area contributed by atoms with Crippen molar-refractivity contribution in [3.05, 3.63) is 24.3 Å². The van der Waals surface area contributed by atoms with Crippen LogP contribution in [0.25, 0.3) is 0 Å². The third-order valence-corrected chi connectivity index (χ3v) is 10.2. The van der Waals surface area contributed by atoms with Crippen LogP contribution in [0, 0.1) is 0 Å². The first kappa shape index (κ1) is 24.1. The maximum absolute atomic E-state index is 13.9. The topological polar surface area (TPSA) is 171 Å². The molecule has 0 aromatic heterocycles. The van der Waals surface area contributed by atoms with Gasteiger partial charge in [-0.15, -0.1) is 0 Å². The zero-order valence-corrected chi connectivity index (χ0v) is 20.3. The van der Waals surface area contributed by atoms with Gasteiger partial charge in [-0.25, -0.2) is 47.0 Å². The summed E-state index contributed by atoms with van der Waals surface area (Å²) in [6, 6.07) is 5.31. The van der Waals surface area contributed by atoms with Crippen LogP contribution in [0.1, 0.15) is 0 Å². The number of amides is 4. The number of rotatable bonds is 8. The molecule has 0 atom stereocenters. The van der Waals surface area contributed by atoms with Crippen molar-refractivity contribution in [2.24, 2.45) is 0 Å². The number of benzene rings is 1. The molecule has 18 heteroatoms. The van der Waals surface area contributed by atoms with E-state index in [2.05, 4.69) is 0 Å². The lowest BCUT2D eigenvalue weighted by Gasteiger charge is -2.31. The number of ether oxygens (including phenoxy) is 4. The largest absolute Gasteiger partial charge is 0.459 e. The SMILES string of the molecule is O=C1OCCN1P(=O)(Oc1cccc(OP(=O)(N2CCOC2=O)N2CCOC2=O)c1)N1CCOC1=O. The summed E-state index contributed by atoms with van der Waals surface area (Å²) in [5.41, 5.74) is 0. The van der Waals surface area contributed by atoms with Crippen LogP contribution in [0.4, 0.5) is 19.2 Å². The quantitative estimate of drug-likeness (QED) is 0.345. The van der Waals surface area contributed by atoms with E-state index in [1.54, 1.807) is 0 Å². The first-order valence-electron chi connectivity index (χ1n) is 10.7. The minimum Gasteiger partial charge on any atom is -0.447 e. The Bertz CT molecular complexity index is 1060. The molecule has 1 aromatic rings. The second kappa shape index (κ2) is 9.10. The van der Waals surface area contributed by atoms with E-state index in [1.807, 2.05) is 0 Å². The van der Waals surface area contributed by atoms with Gasteiger partial charge in [0.25, 0.3) is 0 Å². The lowest BCUT2D eigenvalue weighted by atomic mass is 10.3. The number of nitrogens with zero attached hydrogens (tertiary/aromatic N) is 4. The maximum atomic E-state index is 13.9. The van der Waals surface area contributed by atoms with Gasteiger partial charge in [0.05, 0.1) is 26.2 Å². The molecule has 0 N–H and O–H groups in total. The molecule has 0 saturated carbocycles. The van der Waals surface area contributed by atoms with Crippen LogP contribution in [-0.2, 0) is 28.1 Å². The highest BCUT2D eigenvalue weighted by molar-refractivity contribution is 7.56. The van der Waals surface area contributed by atoms with Crippen LogP contribution < -0.4 is 9.05 Å². The van der Waals surface area contributed by atoms with E-state index >= 15 is 0 Å². The summed E-state index contributed by atoms with van der Waals surface area (Å²) in [6.07, 6.45) is -3.74. The first-order chi connectivity index (χ1) is 17.2. The lowest BCUT2D eigenvalue weighted by Crippen LogP contribution is -2.36. The van der Waals surface area contributed by atoms with Crippen molar-refractivity contribution in [2.45, 2.75) is 0 Å². The third-order valence-electron chi connectivity index (χ3n) is 5.43. The second-order valence-electron chi connectivity index (χ2n) is 7.59. The summed E-state index contributed by atoms with van der Waals surface area (Å²) in [5.74, 6) is -0.260. The van der Waals surface area contributed by atoms with Gasteiger partial charge >= 0.3 is 39.7 Å². The molecule has 4 amide bonds. The molecular weight excluding hydrogens is 526 g/mol. The summed E-state index contributed by atoms with van der Waals surface area (Å²) in [5, 5.41) is 0. The Balaban J connectivity index is 1.45. The molecule has 0 unspecified atom stereocenters. The van der Waals surface area contributed by atoms with Crippen molar-refractivity contribution in [1.29, 1.82) is 0 Å². The van der Waals surface area contributed by atoms with Gasteiger partial charge in [-0.3, -0.25) is 0 Å². The highest BCUT2D eigenvalue weighted by Crippen LogP contribution is 2.59. The van der Waals surface area contributed by atoms with E-state index in [-0.39, 0.29) is 64.1 Å². The predicted molar refractivity (Wildman–Crippen MR) is 115 cm³/mol. The summed E-state index contributed by atoms with van der Waals surface area (Å²) >= 11 is 0. The number of carbonyl (C=O) groups excluding carboxylic acids is 4. The molecule has 4 fully saturated rings. The molecule has 16 nitrogen and oxygen atoms in total. The van der Waals surface area contributed by atoms with Gasteiger partial charge in [-0.1, -0.05) is 6.07 Å². The molecule has 1 aromatic carbocycles. The van der Waals surface area contributed by atoms with E-state index in [4.69, 9.17) is 28.0 Å². The van der Waals surface area contributed by atoms with Gasteiger partial charge in [-0.2, -0.15) is 0 Å². The van der Waals surface area contributed by atoms with E-state index in [1.165, 1.54) is 24.3 Å². The molecule has 194 valence electrons. The number of carbonyl (C=O) groups is 4. The highest BCUT2D eigenvalue weighted by Gasteiger charge is 2.53. The molecule has 0 spiro atoms.